The lowest BCUT2D eigenvalue weighted by Crippen LogP contribution is -2.23. The molecule has 0 amide bonds. The first kappa shape index (κ1) is 8.73. The monoisotopic (exact) mass is 185 g/mol. The maximum Gasteiger partial charge on any atom is 0.348 e. The highest BCUT2D eigenvalue weighted by atomic mass is 32.1. The normalized spacial score (nSPS) is 9.42. The molecule has 4 nitrogen and oxygen atoms in total. The van der Waals surface area contributed by atoms with Crippen LogP contribution in [0.5, 0.6) is 0 Å². The van der Waals surface area contributed by atoms with Gasteiger partial charge in [0.1, 0.15) is 4.88 Å². The Morgan fingerprint density at radius 1 is 1.58 bits per heavy atom. The van der Waals surface area contributed by atoms with Crippen molar-refractivity contribution in [1.82, 2.24) is 0 Å². The summed E-state index contributed by atoms with van der Waals surface area (Å²) in [6.45, 7) is 0. The SMILES string of the molecule is COC(=O)c1sccc1C(=O)[O-]. The van der Waals surface area contributed by atoms with Crippen LogP contribution in [-0.2, 0) is 4.74 Å². The highest BCUT2D eigenvalue weighted by Crippen LogP contribution is 2.16. The fourth-order valence-corrected chi connectivity index (χ4v) is 1.52. The van der Waals surface area contributed by atoms with Crippen molar-refractivity contribution >= 4 is 23.3 Å². The molecule has 64 valence electrons. The van der Waals surface area contributed by atoms with Gasteiger partial charge in [0.2, 0.25) is 0 Å². The van der Waals surface area contributed by atoms with Gasteiger partial charge in [-0.05, 0) is 11.4 Å². The van der Waals surface area contributed by atoms with Gasteiger partial charge in [-0.2, -0.15) is 0 Å². The van der Waals surface area contributed by atoms with E-state index in [2.05, 4.69) is 4.74 Å². The summed E-state index contributed by atoms with van der Waals surface area (Å²) in [6.07, 6.45) is 0. The molecule has 0 bridgehead atoms. The van der Waals surface area contributed by atoms with Crippen molar-refractivity contribution in [3.63, 3.8) is 0 Å². The average Bonchev–Trinajstić information content (AvgIpc) is 2.50. The van der Waals surface area contributed by atoms with Crippen LogP contribution in [0.2, 0.25) is 0 Å². The van der Waals surface area contributed by atoms with Gasteiger partial charge < -0.3 is 14.6 Å². The minimum Gasteiger partial charge on any atom is -0.545 e. The van der Waals surface area contributed by atoms with Gasteiger partial charge in [-0.1, -0.05) is 0 Å². The Kier molecular flexibility index (Phi) is 2.44. The number of hydrogen-bond acceptors (Lipinski definition) is 5. The Morgan fingerprint density at radius 2 is 2.25 bits per heavy atom. The molecule has 12 heavy (non-hydrogen) atoms. The summed E-state index contributed by atoms with van der Waals surface area (Å²) >= 11 is 1.02. The largest absolute Gasteiger partial charge is 0.545 e. The van der Waals surface area contributed by atoms with Crippen LogP contribution in [0.1, 0.15) is 20.0 Å². The van der Waals surface area contributed by atoms with E-state index in [4.69, 9.17) is 0 Å². The van der Waals surface area contributed by atoms with Crippen molar-refractivity contribution in [3.8, 4) is 0 Å². The van der Waals surface area contributed by atoms with E-state index in [1.165, 1.54) is 18.6 Å². The molecule has 1 aromatic rings. The van der Waals surface area contributed by atoms with Gasteiger partial charge in [-0.25, -0.2) is 4.79 Å². The molecule has 0 saturated carbocycles. The summed E-state index contributed by atoms with van der Waals surface area (Å²) in [5, 5.41) is 11.9. The second kappa shape index (κ2) is 3.36. The van der Waals surface area contributed by atoms with Crippen molar-refractivity contribution in [2.75, 3.05) is 7.11 Å². The number of ether oxygens (including phenoxy) is 1. The molecule has 0 aliphatic heterocycles. The number of rotatable bonds is 2. The smallest absolute Gasteiger partial charge is 0.348 e. The van der Waals surface area contributed by atoms with Gasteiger partial charge in [-0.3, -0.25) is 0 Å². The van der Waals surface area contributed by atoms with Crippen molar-refractivity contribution in [1.29, 1.82) is 0 Å². The summed E-state index contributed by atoms with van der Waals surface area (Å²) < 4.78 is 4.37. The van der Waals surface area contributed by atoms with Gasteiger partial charge in [0, 0.05) is 5.56 Å². The molecule has 0 radical (unpaired) electrons. The molecule has 0 unspecified atom stereocenters. The van der Waals surface area contributed by atoms with Gasteiger partial charge in [0.05, 0.1) is 13.1 Å². The number of esters is 1. The minimum absolute atomic E-state index is 0.0671. The van der Waals surface area contributed by atoms with Gasteiger partial charge >= 0.3 is 5.97 Å². The molecule has 1 aromatic heterocycles. The molecule has 0 spiro atoms. The molecule has 0 aromatic carbocycles. The Morgan fingerprint density at radius 3 is 2.75 bits per heavy atom. The molecule has 0 aliphatic carbocycles. The maximum absolute atomic E-state index is 10.9. The molecule has 0 fully saturated rings. The molecule has 0 aliphatic rings. The molecule has 1 heterocycles. The zero-order valence-corrected chi connectivity index (χ0v) is 7.01. The van der Waals surface area contributed by atoms with Crippen LogP contribution in [0.4, 0.5) is 0 Å². The van der Waals surface area contributed by atoms with Crippen molar-refractivity contribution in [2.24, 2.45) is 0 Å². The summed E-state index contributed by atoms with van der Waals surface area (Å²) in [4.78, 5) is 21.4. The Labute approximate surface area is 72.4 Å². The highest BCUT2D eigenvalue weighted by Gasteiger charge is 2.13. The average molecular weight is 185 g/mol. The fourth-order valence-electron chi connectivity index (χ4n) is 0.721. The minimum atomic E-state index is -1.36. The summed E-state index contributed by atoms with van der Waals surface area (Å²) in [7, 11) is 1.20. The number of hydrogen-bond donors (Lipinski definition) is 0. The molecule has 0 atom stereocenters. The van der Waals surface area contributed by atoms with Crippen LogP contribution in [0, 0.1) is 0 Å². The van der Waals surface area contributed by atoms with Gasteiger partial charge in [0.25, 0.3) is 0 Å². The third kappa shape index (κ3) is 1.45. The third-order valence-electron chi connectivity index (χ3n) is 1.26. The first-order valence-corrected chi connectivity index (χ1v) is 3.92. The Balaban J connectivity index is 3.07. The zero-order valence-electron chi connectivity index (χ0n) is 6.20. The molecule has 1 rings (SSSR count). The van der Waals surface area contributed by atoms with Gasteiger partial charge in [-0.15, -0.1) is 11.3 Å². The van der Waals surface area contributed by atoms with Crippen molar-refractivity contribution in [3.05, 3.63) is 21.9 Å². The predicted molar refractivity (Wildman–Crippen MR) is 40.0 cm³/mol. The van der Waals surface area contributed by atoms with E-state index in [1.807, 2.05) is 0 Å². The lowest BCUT2D eigenvalue weighted by Gasteiger charge is -2.01. The molecule has 0 N–H and O–H groups in total. The van der Waals surface area contributed by atoms with Crippen LogP contribution in [0.3, 0.4) is 0 Å². The first-order chi connectivity index (χ1) is 5.66. The van der Waals surface area contributed by atoms with Crippen molar-refractivity contribution < 1.29 is 19.4 Å². The van der Waals surface area contributed by atoms with E-state index in [9.17, 15) is 14.7 Å². The number of methoxy groups -OCH3 is 1. The zero-order chi connectivity index (χ0) is 9.14. The Hall–Kier alpha value is -1.36. The third-order valence-corrected chi connectivity index (χ3v) is 2.15. The first-order valence-electron chi connectivity index (χ1n) is 3.04. The topological polar surface area (TPSA) is 66.4 Å². The number of carbonyl (C=O) groups excluding carboxylic acids is 2. The van der Waals surface area contributed by atoms with E-state index >= 15 is 0 Å². The maximum atomic E-state index is 10.9. The summed E-state index contributed by atoms with van der Waals surface area (Å²) in [5.74, 6) is -2.01. The van der Waals surface area contributed by atoms with Gasteiger partial charge in [0.15, 0.2) is 0 Å². The number of carboxylic acid groups (broad SMARTS) is 1. The standard InChI is InChI=1S/C7H6O4S/c1-11-7(10)5-4(6(8)9)2-3-12-5/h2-3H,1H3,(H,8,9)/p-1. The van der Waals surface area contributed by atoms with Crippen molar-refractivity contribution in [2.45, 2.75) is 0 Å². The van der Waals surface area contributed by atoms with E-state index in [0.29, 0.717) is 0 Å². The Bertz CT molecular complexity index is 315. The number of thiophene rings is 1. The fraction of sp³-hybridized carbons (Fsp3) is 0.143. The molecule has 0 saturated heterocycles. The lowest BCUT2D eigenvalue weighted by molar-refractivity contribution is -0.255. The quantitative estimate of drug-likeness (QED) is 0.603. The second-order valence-electron chi connectivity index (χ2n) is 1.94. The van der Waals surface area contributed by atoms with E-state index in [1.54, 1.807) is 0 Å². The predicted octanol–water partition coefficient (Wildman–Crippen LogP) is -0.102. The highest BCUT2D eigenvalue weighted by molar-refractivity contribution is 7.12. The molecule has 5 heteroatoms. The van der Waals surface area contributed by atoms with E-state index in [0.717, 1.165) is 11.3 Å². The lowest BCUT2D eigenvalue weighted by atomic mass is 10.2. The molecular formula is C7H5O4S-. The summed E-state index contributed by atoms with van der Waals surface area (Å²) in [5.41, 5.74) is -0.119. The summed E-state index contributed by atoms with van der Waals surface area (Å²) in [6, 6.07) is 1.31. The van der Waals surface area contributed by atoms with Crippen LogP contribution in [0.25, 0.3) is 0 Å². The van der Waals surface area contributed by atoms with Crippen LogP contribution < -0.4 is 5.11 Å². The number of aromatic carboxylic acids is 1. The van der Waals surface area contributed by atoms with Crippen LogP contribution >= 0.6 is 11.3 Å². The van der Waals surface area contributed by atoms with E-state index in [-0.39, 0.29) is 10.4 Å². The van der Waals surface area contributed by atoms with Crippen LogP contribution in [-0.4, -0.2) is 19.0 Å². The molecular weight excluding hydrogens is 180 g/mol. The number of carbonyl (C=O) groups is 2. The number of carboxylic acids is 1. The second-order valence-corrected chi connectivity index (χ2v) is 2.86. The van der Waals surface area contributed by atoms with E-state index < -0.39 is 11.9 Å². The van der Waals surface area contributed by atoms with Crippen LogP contribution in [0.15, 0.2) is 11.4 Å².